The number of aryl methyl sites for hydroxylation is 1. The fraction of sp³-hybridized carbons (Fsp3) is 0.500. The molecule has 0 spiro atoms. The Morgan fingerprint density at radius 2 is 2.05 bits per heavy atom. The van der Waals surface area contributed by atoms with Gasteiger partial charge in [-0.1, -0.05) is 6.07 Å². The Hall–Kier alpha value is -2.11. The van der Waals surface area contributed by atoms with Crippen LogP contribution in [0.25, 0.3) is 0 Å². The number of amides is 2. The molecule has 1 heterocycles. The predicted octanol–water partition coefficient (Wildman–Crippen LogP) is 1.83. The van der Waals surface area contributed by atoms with Crippen molar-refractivity contribution in [1.29, 1.82) is 0 Å². The third-order valence-electron chi connectivity index (χ3n) is 2.84. The number of rotatable bonds is 6. The van der Waals surface area contributed by atoms with Gasteiger partial charge in [-0.15, -0.1) is 0 Å². The second kappa shape index (κ2) is 6.88. The fourth-order valence-corrected chi connectivity index (χ4v) is 1.62. The SMILES string of the molecule is Cc1ccc(CNC(=O)NC(C)(C)CCC(=O)O)cn1. The van der Waals surface area contributed by atoms with Crippen molar-refractivity contribution in [3.05, 3.63) is 29.6 Å². The summed E-state index contributed by atoms with van der Waals surface area (Å²) >= 11 is 0. The van der Waals surface area contributed by atoms with Gasteiger partial charge in [-0.2, -0.15) is 0 Å². The number of carboxylic acids is 1. The first-order chi connectivity index (χ1) is 9.28. The highest BCUT2D eigenvalue weighted by Gasteiger charge is 2.21. The maximum atomic E-state index is 11.8. The number of carbonyl (C=O) groups is 2. The molecule has 0 atom stereocenters. The van der Waals surface area contributed by atoms with E-state index >= 15 is 0 Å². The van der Waals surface area contributed by atoms with Crippen molar-refractivity contribution in [3.63, 3.8) is 0 Å². The summed E-state index contributed by atoms with van der Waals surface area (Å²) in [5.41, 5.74) is 1.27. The predicted molar refractivity (Wildman–Crippen MR) is 75.3 cm³/mol. The van der Waals surface area contributed by atoms with Gasteiger partial charge in [0, 0.05) is 30.4 Å². The summed E-state index contributed by atoms with van der Waals surface area (Å²) in [6.45, 7) is 5.87. The fourth-order valence-electron chi connectivity index (χ4n) is 1.62. The van der Waals surface area contributed by atoms with Crippen LogP contribution in [0, 0.1) is 6.92 Å². The van der Waals surface area contributed by atoms with E-state index in [1.165, 1.54) is 0 Å². The summed E-state index contributed by atoms with van der Waals surface area (Å²) < 4.78 is 0. The summed E-state index contributed by atoms with van der Waals surface area (Å²) in [6, 6.07) is 3.46. The van der Waals surface area contributed by atoms with E-state index in [1.807, 2.05) is 19.1 Å². The molecule has 0 aliphatic carbocycles. The van der Waals surface area contributed by atoms with Crippen LogP contribution in [-0.2, 0) is 11.3 Å². The zero-order valence-electron chi connectivity index (χ0n) is 12.1. The molecule has 2 amide bonds. The van der Waals surface area contributed by atoms with Crippen LogP contribution in [0.2, 0.25) is 0 Å². The van der Waals surface area contributed by atoms with E-state index in [4.69, 9.17) is 5.11 Å². The minimum absolute atomic E-state index is 0.0230. The highest BCUT2D eigenvalue weighted by atomic mass is 16.4. The Bertz CT molecular complexity index is 469. The number of nitrogens with zero attached hydrogens (tertiary/aromatic N) is 1. The van der Waals surface area contributed by atoms with Crippen molar-refractivity contribution in [2.75, 3.05) is 0 Å². The maximum absolute atomic E-state index is 11.8. The minimum atomic E-state index is -0.869. The van der Waals surface area contributed by atoms with Gasteiger partial charge < -0.3 is 15.7 Å². The highest BCUT2D eigenvalue weighted by molar-refractivity contribution is 5.74. The molecular formula is C14H21N3O3. The Balaban J connectivity index is 2.39. The molecule has 0 aliphatic rings. The van der Waals surface area contributed by atoms with Crippen molar-refractivity contribution in [1.82, 2.24) is 15.6 Å². The van der Waals surface area contributed by atoms with Gasteiger partial charge in [-0.05, 0) is 38.8 Å². The molecule has 0 aromatic carbocycles. The smallest absolute Gasteiger partial charge is 0.315 e. The first-order valence-electron chi connectivity index (χ1n) is 6.48. The van der Waals surface area contributed by atoms with Crippen molar-refractivity contribution < 1.29 is 14.7 Å². The Morgan fingerprint density at radius 3 is 2.60 bits per heavy atom. The van der Waals surface area contributed by atoms with Crippen LogP contribution in [0.3, 0.4) is 0 Å². The van der Waals surface area contributed by atoms with Gasteiger partial charge in [-0.25, -0.2) is 4.79 Å². The van der Waals surface area contributed by atoms with E-state index in [0.717, 1.165) is 11.3 Å². The third-order valence-corrected chi connectivity index (χ3v) is 2.84. The standard InChI is InChI=1S/C14H21N3O3/c1-10-4-5-11(8-15-10)9-16-13(20)17-14(2,3)7-6-12(18)19/h4-5,8H,6-7,9H2,1-3H3,(H,18,19)(H2,16,17,20). The highest BCUT2D eigenvalue weighted by Crippen LogP contribution is 2.10. The van der Waals surface area contributed by atoms with Crippen molar-refractivity contribution in [2.45, 2.75) is 45.7 Å². The van der Waals surface area contributed by atoms with Crippen LogP contribution in [0.5, 0.6) is 0 Å². The lowest BCUT2D eigenvalue weighted by Gasteiger charge is -2.25. The van der Waals surface area contributed by atoms with Gasteiger partial charge >= 0.3 is 12.0 Å². The Kier molecular flexibility index (Phi) is 5.49. The van der Waals surface area contributed by atoms with Crippen LogP contribution in [0.15, 0.2) is 18.3 Å². The average Bonchev–Trinajstić information content (AvgIpc) is 2.35. The van der Waals surface area contributed by atoms with Crippen LogP contribution < -0.4 is 10.6 Å². The number of nitrogens with one attached hydrogen (secondary N) is 2. The summed E-state index contributed by atoms with van der Waals surface area (Å²) in [7, 11) is 0. The molecule has 20 heavy (non-hydrogen) atoms. The number of aromatic nitrogens is 1. The van der Waals surface area contributed by atoms with E-state index in [9.17, 15) is 9.59 Å². The molecule has 1 aromatic rings. The number of carbonyl (C=O) groups excluding carboxylic acids is 1. The summed E-state index contributed by atoms with van der Waals surface area (Å²) in [6.07, 6.45) is 2.11. The summed E-state index contributed by atoms with van der Waals surface area (Å²) in [5, 5.41) is 14.1. The molecule has 0 radical (unpaired) electrons. The van der Waals surface area contributed by atoms with Gasteiger partial charge in [0.25, 0.3) is 0 Å². The molecule has 1 aromatic heterocycles. The van der Waals surface area contributed by atoms with E-state index in [0.29, 0.717) is 13.0 Å². The van der Waals surface area contributed by atoms with Gasteiger partial charge in [0.2, 0.25) is 0 Å². The van der Waals surface area contributed by atoms with Crippen molar-refractivity contribution in [2.24, 2.45) is 0 Å². The molecule has 1 rings (SSSR count). The lowest BCUT2D eigenvalue weighted by Crippen LogP contribution is -2.48. The molecular weight excluding hydrogens is 258 g/mol. The van der Waals surface area contributed by atoms with Crippen molar-refractivity contribution >= 4 is 12.0 Å². The second-order valence-electron chi connectivity index (χ2n) is 5.39. The Labute approximate surface area is 118 Å². The maximum Gasteiger partial charge on any atom is 0.315 e. The second-order valence-corrected chi connectivity index (χ2v) is 5.39. The van der Waals surface area contributed by atoms with Crippen molar-refractivity contribution in [3.8, 4) is 0 Å². The van der Waals surface area contributed by atoms with Gasteiger partial charge in [-0.3, -0.25) is 9.78 Å². The molecule has 0 bridgehead atoms. The lowest BCUT2D eigenvalue weighted by atomic mass is 9.99. The first-order valence-corrected chi connectivity index (χ1v) is 6.48. The molecule has 110 valence electrons. The van der Waals surface area contributed by atoms with E-state index < -0.39 is 11.5 Å². The number of hydrogen-bond donors (Lipinski definition) is 3. The number of pyridine rings is 1. The first kappa shape index (κ1) is 15.9. The molecule has 3 N–H and O–H groups in total. The molecule has 0 saturated heterocycles. The van der Waals surface area contributed by atoms with Gasteiger partial charge in [0.1, 0.15) is 0 Å². The largest absolute Gasteiger partial charge is 0.481 e. The van der Waals surface area contributed by atoms with Crippen LogP contribution in [0.4, 0.5) is 4.79 Å². The van der Waals surface area contributed by atoms with E-state index in [-0.39, 0.29) is 12.5 Å². The number of aliphatic carboxylic acids is 1. The molecule has 0 fully saturated rings. The van der Waals surface area contributed by atoms with Crippen LogP contribution in [0.1, 0.15) is 37.9 Å². The van der Waals surface area contributed by atoms with Crippen LogP contribution in [-0.4, -0.2) is 27.6 Å². The topological polar surface area (TPSA) is 91.3 Å². The monoisotopic (exact) mass is 279 g/mol. The lowest BCUT2D eigenvalue weighted by molar-refractivity contribution is -0.137. The van der Waals surface area contributed by atoms with E-state index in [2.05, 4.69) is 15.6 Å². The number of carboxylic acid groups (broad SMARTS) is 1. The Morgan fingerprint density at radius 1 is 1.35 bits per heavy atom. The zero-order chi connectivity index (χ0) is 15.2. The van der Waals surface area contributed by atoms with Gasteiger partial charge in [0.05, 0.1) is 0 Å². The molecule has 0 unspecified atom stereocenters. The van der Waals surface area contributed by atoms with Gasteiger partial charge in [0.15, 0.2) is 0 Å². The van der Waals surface area contributed by atoms with E-state index in [1.54, 1.807) is 20.0 Å². The molecule has 0 saturated carbocycles. The average molecular weight is 279 g/mol. The minimum Gasteiger partial charge on any atom is -0.481 e. The number of urea groups is 1. The third kappa shape index (κ3) is 6.17. The molecule has 6 heteroatoms. The quantitative estimate of drug-likeness (QED) is 0.741. The van der Waals surface area contributed by atoms with Crippen LogP contribution >= 0.6 is 0 Å². The number of hydrogen-bond acceptors (Lipinski definition) is 3. The molecule has 6 nitrogen and oxygen atoms in total. The summed E-state index contributed by atoms with van der Waals surface area (Å²) in [4.78, 5) is 26.4. The molecule has 0 aliphatic heterocycles. The zero-order valence-corrected chi connectivity index (χ0v) is 12.1. The normalized spacial score (nSPS) is 10.9. The summed E-state index contributed by atoms with van der Waals surface area (Å²) in [5.74, 6) is -0.869.